The Balaban J connectivity index is 1.84. The summed E-state index contributed by atoms with van der Waals surface area (Å²) >= 11 is 0. The van der Waals surface area contributed by atoms with Crippen molar-refractivity contribution in [3.63, 3.8) is 0 Å². The van der Waals surface area contributed by atoms with Crippen molar-refractivity contribution in [3.8, 4) is 0 Å². The molecule has 1 N–H and O–H groups in total. The van der Waals surface area contributed by atoms with Gasteiger partial charge in [0, 0.05) is 6.42 Å². The maximum Gasteiger partial charge on any atom is 0.0864 e. The second-order valence-electron chi connectivity index (χ2n) is 7.44. The van der Waals surface area contributed by atoms with Crippen LogP contribution in [0.1, 0.15) is 35.6 Å². The van der Waals surface area contributed by atoms with Crippen LogP contribution in [0.5, 0.6) is 0 Å². The highest BCUT2D eigenvalue weighted by Crippen LogP contribution is 2.39. The number of nitrogens with one attached hydrogen (secondary N) is 1. The molecule has 2 nitrogen and oxygen atoms in total. The second kappa shape index (κ2) is 6.45. The first kappa shape index (κ1) is 16.6. The molecule has 2 heteroatoms. The molecule has 0 aliphatic carbocycles. The molecule has 0 saturated heterocycles. The smallest absolute Gasteiger partial charge is 0.0864 e. The fourth-order valence-corrected chi connectivity index (χ4v) is 3.55. The minimum atomic E-state index is -0.218. The van der Waals surface area contributed by atoms with Gasteiger partial charge in [-0.2, -0.15) is 0 Å². The first-order valence-corrected chi connectivity index (χ1v) is 9.12. The minimum Gasteiger partial charge on any atom is -0.374 e. The topological polar surface area (TPSA) is 24.4 Å². The van der Waals surface area contributed by atoms with Gasteiger partial charge in [-0.1, -0.05) is 71.8 Å². The van der Waals surface area contributed by atoms with E-state index in [1.165, 1.54) is 22.3 Å². The number of rotatable bonds is 2. The highest BCUT2D eigenvalue weighted by atomic mass is 15.0. The molecule has 0 fully saturated rings. The molecule has 0 unspecified atom stereocenters. The maximum atomic E-state index is 5.03. The molecule has 1 aliphatic heterocycles. The third-order valence-corrected chi connectivity index (χ3v) is 5.16. The van der Waals surface area contributed by atoms with E-state index in [0.29, 0.717) is 0 Å². The third-order valence-electron chi connectivity index (χ3n) is 5.16. The molecule has 0 amide bonds. The Kier molecular flexibility index (Phi) is 4.12. The van der Waals surface area contributed by atoms with E-state index in [-0.39, 0.29) is 5.54 Å². The van der Waals surface area contributed by atoms with Crippen LogP contribution in [0.15, 0.2) is 77.8 Å². The van der Waals surface area contributed by atoms with Crippen molar-refractivity contribution in [2.24, 2.45) is 4.99 Å². The van der Waals surface area contributed by atoms with E-state index in [9.17, 15) is 0 Å². The summed E-state index contributed by atoms with van der Waals surface area (Å²) in [5.41, 5.74) is 7.99. The summed E-state index contributed by atoms with van der Waals surface area (Å²) in [6.07, 6.45) is 0.827. The number of hydrogen-bond acceptors (Lipinski definition) is 2. The number of para-hydroxylation sites is 2. The van der Waals surface area contributed by atoms with Crippen molar-refractivity contribution < 1.29 is 0 Å². The van der Waals surface area contributed by atoms with Crippen molar-refractivity contribution in [2.75, 3.05) is 5.32 Å². The predicted octanol–water partition coefficient (Wildman–Crippen LogP) is 6.16. The fraction of sp³-hybridized carbons (Fsp3) is 0.208. The molecule has 3 aromatic rings. The first-order chi connectivity index (χ1) is 12.5. The van der Waals surface area contributed by atoms with E-state index in [2.05, 4.69) is 92.8 Å². The van der Waals surface area contributed by atoms with Crippen LogP contribution in [0.25, 0.3) is 0 Å². The number of fused-ring (bicyclic) bond motifs is 1. The number of aryl methyl sites for hydroxylation is 2. The molecule has 0 spiro atoms. The van der Waals surface area contributed by atoms with Gasteiger partial charge in [0.05, 0.1) is 22.6 Å². The lowest BCUT2D eigenvalue weighted by atomic mass is 9.84. The Labute approximate surface area is 155 Å². The number of benzene rings is 3. The fourth-order valence-electron chi connectivity index (χ4n) is 3.55. The quantitative estimate of drug-likeness (QED) is 0.594. The Bertz CT molecular complexity index is 952. The van der Waals surface area contributed by atoms with E-state index < -0.39 is 0 Å². The van der Waals surface area contributed by atoms with Crippen LogP contribution in [0.3, 0.4) is 0 Å². The molecule has 0 saturated carbocycles. The molecule has 1 aliphatic rings. The second-order valence-corrected chi connectivity index (χ2v) is 7.44. The SMILES string of the molecule is Cc1ccc(C2=Nc3ccccc3N[C@](C)(c3ccc(C)cc3)C2)cc1. The molecule has 1 atom stereocenters. The van der Waals surface area contributed by atoms with Gasteiger partial charge in [0.25, 0.3) is 0 Å². The van der Waals surface area contributed by atoms with Crippen LogP contribution in [0.2, 0.25) is 0 Å². The molecule has 1 heterocycles. The van der Waals surface area contributed by atoms with Gasteiger partial charge in [-0.05, 0) is 44.0 Å². The van der Waals surface area contributed by atoms with Gasteiger partial charge >= 0.3 is 0 Å². The molecule has 3 aromatic carbocycles. The summed E-state index contributed by atoms with van der Waals surface area (Å²) in [6.45, 7) is 6.51. The number of anilines is 1. The van der Waals surface area contributed by atoms with Crippen molar-refractivity contribution in [2.45, 2.75) is 32.7 Å². The Morgan fingerprint density at radius 2 is 1.42 bits per heavy atom. The summed E-state index contributed by atoms with van der Waals surface area (Å²) in [6, 6.07) is 25.8. The third kappa shape index (κ3) is 3.15. The highest BCUT2D eigenvalue weighted by molar-refractivity contribution is 6.04. The molecule has 4 rings (SSSR count). The predicted molar refractivity (Wildman–Crippen MR) is 111 cm³/mol. The molecule has 0 bridgehead atoms. The van der Waals surface area contributed by atoms with Crippen LogP contribution >= 0.6 is 0 Å². The molecular formula is C24H24N2. The summed E-state index contributed by atoms with van der Waals surface area (Å²) in [5, 5.41) is 3.77. The van der Waals surface area contributed by atoms with Gasteiger partial charge in [-0.25, -0.2) is 0 Å². The zero-order chi connectivity index (χ0) is 18.1. The first-order valence-electron chi connectivity index (χ1n) is 9.12. The van der Waals surface area contributed by atoms with Gasteiger partial charge in [-0.3, -0.25) is 4.99 Å². The average molecular weight is 340 g/mol. The van der Waals surface area contributed by atoms with Crippen LogP contribution in [-0.4, -0.2) is 5.71 Å². The van der Waals surface area contributed by atoms with Crippen LogP contribution in [0, 0.1) is 13.8 Å². The largest absolute Gasteiger partial charge is 0.374 e. The Morgan fingerprint density at radius 1 is 0.808 bits per heavy atom. The number of nitrogens with zero attached hydrogens (tertiary/aromatic N) is 1. The van der Waals surface area contributed by atoms with Gasteiger partial charge in [0.1, 0.15) is 0 Å². The van der Waals surface area contributed by atoms with Gasteiger partial charge in [-0.15, -0.1) is 0 Å². The lowest BCUT2D eigenvalue weighted by molar-refractivity contribution is 0.571. The van der Waals surface area contributed by atoms with Crippen LogP contribution in [-0.2, 0) is 5.54 Å². The van der Waals surface area contributed by atoms with E-state index >= 15 is 0 Å². The normalized spacial score (nSPS) is 19.1. The van der Waals surface area contributed by atoms with E-state index in [0.717, 1.165) is 23.5 Å². The molecule has 26 heavy (non-hydrogen) atoms. The summed E-state index contributed by atoms with van der Waals surface area (Å²) < 4.78 is 0. The van der Waals surface area contributed by atoms with Crippen molar-refractivity contribution in [1.29, 1.82) is 0 Å². The Hall–Kier alpha value is -2.87. The summed E-state index contributed by atoms with van der Waals surface area (Å²) in [7, 11) is 0. The van der Waals surface area contributed by atoms with Crippen LogP contribution in [0.4, 0.5) is 11.4 Å². The molecule has 0 aromatic heterocycles. The van der Waals surface area contributed by atoms with Crippen LogP contribution < -0.4 is 5.32 Å². The summed E-state index contributed by atoms with van der Waals surface area (Å²) in [5.74, 6) is 0. The molecular weight excluding hydrogens is 316 g/mol. The monoisotopic (exact) mass is 340 g/mol. The van der Waals surface area contributed by atoms with E-state index in [1.807, 2.05) is 6.07 Å². The molecule has 130 valence electrons. The highest BCUT2D eigenvalue weighted by Gasteiger charge is 2.31. The van der Waals surface area contributed by atoms with Crippen molar-refractivity contribution >= 4 is 17.1 Å². The summed E-state index contributed by atoms with van der Waals surface area (Å²) in [4.78, 5) is 5.03. The van der Waals surface area contributed by atoms with Gasteiger partial charge in [0.15, 0.2) is 0 Å². The van der Waals surface area contributed by atoms with Gasteiger partial charge < -0.3 is 5.32 Å². The zero-order valence-electron chi connectivity index (χ0n) is 15.6. The standard InChI is InChI=1S/C24H24N2/c1-17-8-12-19(13-9-17)23-16-24(3,20-14-10-18(2)11-15-20)26-22-7-5-4-6-21(22)25-23/h4-15,26H,16H2,1-3H3/t24-/m0/s1. The Morgan fingerprint density at radius 3 is 2.12 bits per heavy atom. The van der Waals surface area contributed by atoms with E-state index in [4.69, 9.17) is 4.99 Å². The lowest BCUT2D eigenvalue weighted by Gasteiger charge is -2.32. The van der Waals surface area contributed by atoms with Gasteiger partial charge in [0.2, 0.25) is 0 Å². The average Bonchev–Trinajstić information content (AvgIpc) is 2.79. The number of aliphatic imine (C=N–C) groups is 1. The lowest BCUT2D eigenvalue weighted by Crippen LogP contribution is -2.33. The van der Waals surface area contributed by atoms with Crippen molar-refractivity contribution in [1.82, 2.24) is 0 Å². The van der Waals surface area contributed by atoms with E-state index in [1.54, 1.807) is 0 Å². The maximum absolute atomic E-state index is 5.03. The molecule has 0 radical (unpaired) electrons. The van der Waals surface area contributed by atoms with Crippen molar-refractivity contribution in [3.05, 3.63) is 95.1 Å². The number of hydrogen-bond donors (Lipinski definition) is 1. The zero-order valence-corrected chi connectivity index (χ0v) is 15.6. The minimum absolute atomic E-state index is 0.218.